The van der Waals surface area contributed by atoms with Gasteiger partial charge in [0.05, 0.1) is 12.3 Å². The van der Waals surface area contributed by atoms with E-state index in [1.54, 1.807) is 0 Å². The molecule has 0 bridgehead atoms. The highest BCUT2D eigenvalue weighted by Gasteiger charge is 1.96. The van der Waals surface area contributed by atoms with Crippen LogP contribution in [0.2, 0.25) is 0 Å². The summed E-state index contributed by atoms with van der Waals surface area (Å²) in [7, 11) is 0.800. The summed E-state index contributed by atoms with van der Waals surface area (Å²) in [5.74, 6) is 0.918. The largest absolute Gasteiger partial charge is 1.00 e. The van der Waals surface area contributed by atoms with Crippen molar-refractivity contribution in [3.8, 4) is 0 Å². The second-order valence-corrected chi connectivity index (χ2v) is 5.13. The molecule has 1 unspecified atom stereocenters. The Labute approximate surface area is 90.7 Å². The lowest BCUT2D eigenvalue weighted by molar-refractivity contribution is -0.00000242. The van der Waals surface area contributed by atoms with Crippen LogP contribution in [-0.4, -0.2) is 12.3 Å². The average Bonchev–Trinajstić information content (AvgIpc) is 1.87. The second kappa shape index (κ2) is 11.2. The van der Waals surface area contributed by atoms with Gasteiger partial charge in [0.2, 0.25) is 0 Å². The molecule has 0 aliphatic heterocycles. The SMILES string of the molecule is CCC[PH2+]CCCC(C)C.[I-]. The van der Waals surface area contributed by atoms with Gasteiger partial charge in [-0.2, -0.15) is 0 Å². The molecular weight excluding hydrogens is 266 g/mol. The van der Waals surface area contributed by atoms with Gasteiger partial charge in [0.25, 0.3) is 0 Å². The summed E-state index contributed by atoms with van der Waals surface area (Å²) in [6.45, 7) is 6.92. The molecule has 11 heavy (non-hydrogen) atoms. The fraction of sp³-hybridized carbons (Fsp3) is 1.00. The van der Waals surface area contributed by atoms with Gasteiger partial charge in [0.1, 0.15) is 0 Å². The van der Waals surface area contributed by atoms with E-state index < -0.39 is 0 Å². The average molecular weight is 288 g/mol. The standard InChI is InChI=1S/C9H21P.HI/c1-4-7-10-8-5-6-9(2)3;/h9-10H,4-8H2,1-3H3;1H. The van der Waals surface area contributed by atoms with E-state index in [2.05, 4.69) is 20.8 Å². The van der Waals surface area contributed by atoms with Crippen LogP contribution in [-0.2, 0) is 0 Å². The summed E-state index contributed by atoms with van der Waals surface area (Å²) >= 11 is 0. The Kier molecular flexibility index (Phi) is 14.9. The van der Waals surface area contributed by atoms with Crippen molar-refractivity contribution >= 4 is 8.58 Å². The molecule has 0 aromatic carbocycles. The van der Waals surface area contributed by atoms with Gasteiger partial charge in [0.15, 0.2) is 0 Å². The molecule has 0 fully saturated rings. The molecule has 70 valence electrons. The van der Waals surface area contributed by atoms with E-state index in [0.717, 1.165) is 14.5 Å². The van der Waals surface area contributed by atoms with Crippen molar-refractivity contribution in [2.45, 2.75) is 40.0 Å². The fourth-order valence-electron chi connectivity index (χ4n) is 1.02. The molecule has 0 rings (SSSR count). The molecule has 0 radical (unpaired) electrons. The van der Waals surface area contributed by atoms with Crippen LogP contribution in [0.5, 0.6) is 0 Å². The van der Waals surface area contributed by atoms with Crippen LogP contribution < -0.4 is 24.0 Å². The molecule has 1 atom stereocenters. The van der Waals surface area contributed by atoms with Gasteiger partial charge >= 0.3 is 0 Å². The minimum absolute atomic E-state index is 0. The van der Waals surface area contributed by atoms with Crippen LogP contribution >= 0.6 is 8.58 Å². The molecule has 0 aliphatic carbocycles. The maximum Gasteiger partial charge on any atom is 0.0549 e. The molecule has 0 nitrogen and oxygen atoms in total. The lowest BCUT2D eigenvalue weighted by Gasteiger charge is -1.99. The van der Waals surface area contributed by atoms with Crippen molar-refractivity contribution in [3.05, 3.63) is 0 Å². The first-order chi connectivity index (χ1) is 4.77. The number of hydrogen-bond acceptors (Lipinski definition) is 0. The molecule has 2 heteroatoms. The van der Waals surface area contributed by atoms with Gasteiger partial charge < -0.3 is 24.0 Å². The van der Waals surface area contributed by atoms with Crippen LogP contribution in [0.3, 0.4) is 0 Å². The quantitative estimate of drug-likeness (QED) is 0.373. The Morgan fingerprint density at radius 2 is 1.82 bits per heavy atom. The summed E-state index contributed by atoms with van der Waals surface area (Å²) in [6.07, 6.45) is 7.37. The van der Waals surface area contributed by atoms with E-state index in [4.69, 9.17) is 0 Å². The Morgan fingerprint density at radius 1 is 1.18 bits per heavy atom. The summed E-state index contributed by atoms with van der Waals surface area (Å²) in [5, 5.41) is 0. The van der Waals surface area contributed by atoms with Crippen molar-refractivity contribution in [2.75, 3.05) is 12.3 Å². The first-order valence-electron chi connectivity index (χ1n) is 4.59. The normalized spacial score (nSPS) is 10.9. The Bertz CT molecular complexity index is 64.6. The van der Waals surface area contributed by atoms with Crippen molar-refractivity contribution in [3.63, 3.8) is 0 Å². The van der Waals surface area contributed by atoms with Crippen molar-refractivity contribution in [1.82, 2.24) is 0 Å². The van der Waals surface area contributed by atoms with Crippen LogP contribution in [0.25, 0.3) is 0 Å². The fourth-order valence-corrected chi connectivity index (χ4v) is 2.24. The molecule has 0 heterocycles. The van der Waals surface area contributed by atoms with E-state index in [1.165, 1.54) is 31.6 Å². The van der Waals surface area contributed by atoms with Crippen LogP contribution in [0, 0.1) is 5.92 Å². The highest BCUT2D eigenvalue weighted by atomic mass is 127. The van der Waals surface area contributed by atoms with E-state index in [0.29, 0.717) is 0 Å². The minimum atomic E-state index is 0. The topological polar surface area (TPSA) is 0 Å². The Hall–Kier alpha value is 1.16. The maximum atomic E-state index is 2.31. The van der Waals surface area contributed by atoms with Crippen molar-refractivity contribution < 1.29 is 24.0 Å². The van der Waals surface area contributed by atoms with E-state index >= 15 is 0 Å². The number of rotatable bonds is 6. The highest BCUT2D eigenvalue weighted by Crippen LogP contribution is 2.15. The molecule has 0 aromatic rings. The molecule has 0 saturated heterocycles. The zero-order valence-corrected chi connectivity index (χ0v) is 11.4. The first-order valence-corrected chi connectivity index (χ1v) is 6.22. The van der Waals surface area contributed by atoms with Crippen LogP contribution in [0.4, 0.5) is 0 Å². The van der Waals surface area contributed by atoms with E-state index in [-0.39, 0.29) is 24.0 Å². The van der Waals surface area contributed by atoms with Gasteiger partial charge in [-0.15, -0.1) is 0 Å². The molecule has 0 amide bonds. The number of halogens is 1. The summed E-state index contributed by atoms with van der Waals surface area (Å²) in [4.78, 5) is 0. The molecule has 0 N–H and O–H groups in total. The van der Waals surface area contributed by atoms with E-state index in [1.807, 2.05) is 0 Å². The van der Waals surface area contributed by atoms with Gasteiger partial charge in [0, 0.05) is 0 Å². The Balaban J connectivity index is 0. The molecule has 0 spiro atoms. The zero-order chi connectivity index (χ0) is 7.82. The van der Waals surface area contributed by atoms with Gasteiger partial charge in [-0.1, -0.05) is 20.8 Å². The minimum Gasteiger partial charge on any atom is -1.00 e. The molecule has 0 aromatic heterocycles. The highest BCUT2D eigenvalue weighted by molar-refractivity contribution is 7.37. The van der Waals surface area contributed by atoms with Gasteiger partial charge in [-0.05, 0) is 33.8 Å². The molecule has 0 saturated carbocycles. The zero-order valence-electron chi connectivity index (χ0n) is 8.07. The predicted molar refractivity (Wildman–Crippen MR) is 53.8 cm³/mol. The van der Waals surface area contributed by atoms with Crippen molar-refractivity contribution in [1.29, 1.82) is 0 Å². The van der Waals surface area contributed by atoms with Crippen molar-refractivity contribution in [2.24, 2.45) is 5.92 Å². The molecule has 0 aliphatic rings. The predicted octanol–water partition coefficient (Wildman–Crippen LogP) is 0.247. The lowest BCUT2D eigenvalue weighted by atomic mass is 10.1. The summed E-state index contributed by atoms with van der Waals surface area (Å²) in [6, 6.07) is 0. The second-order valence-electron chi connectivity index (χ2n) is 3.40. The third-order valence-corrected chi connectivity index (χ3v) is 3.48. The first kappa shape index (κ1) is 14.7. The third-order valence-electron chi connectivity index (χ3n) is 1.68. The van der Waals surface area contributed by atoms with E-state index in [9.17, 15) is 0 Å². The molecular formula is C9H22IP. The smallest absolute Gasteiger partial charge is 0.0549 e. The third kappa shape index (κ3) is 14.1. The van der Waals surface area contributed by atoms with Crippen LogP contribution in [0.1, 0.15) is 40.0 Å². The lowest BCUT2D eigenvalue weighted by Crippen LogP contribution is -3.00. The van der Waals surface area contributed by atoms with Gasteiger partial charge in [-0.3, -0.25) is 0 Å². The summed E-state index contributed by atoms with van der Waals surface area (Å²) < 4.78 is 0. The monoisotopic (exact) mass is 288 g/mol. The Morgan fingerprint density at radius 3 is 2.27 bits per heavy atom. The maximum absolute atomic E-state index is 2.31. The van der Waals surface area contributed by atoms with Gasteiger partial charge in [-0.25, -0.2) is 0 Å². The summed E-state index contributed by atoms with van der Waals surface area (Å²) in [5.41, 5.74) is 0. The number of hydrogen-bond donors (Lipinski definition) is 0. The van der Waals surface area contributed by atoms with Crippen LogP contribution in [0.15, 0.2) is 0 Å².